The van der Waals surface area contributed by atoms with E-state index in [1.807, 2.05) is 16.7 Å². The molecule has 0 aliphatic heterocycles. The lowest BCUT2D eigenvalue weighted by atomic mass is 9.49. The monoisotopic (exact) mass is 482 g/mol. The van der Waals surface area contributed by atoms with Crippen molar-refractivity contribution in [1.82, 2.24) is 20.1 Å². The molecule has 34 heavy (non-hydrogen) atoms. The van der Waals surface area contributed by atoms with Gasteiger partial charge in [0.2, 0.25) is 5.91 Å². The number of carbonyl (C=O) groups excluding carboxylic acids is 2. The molecule has 0 radical (unpaired) electrons. The highest BCUT2D eigenvalue weighted by molar-refractivity contribution is 7.99. The van der Waals surface area contributed by atoms with Gasteiger partial charge in [-0.2, -0.15) is 0 Å². The first kappa shape index (κ1) is 23.4. The number of nitrogens with one attached hydrogen (secondary N) is 1. The van der Waals surface area contributed by atoms with Crippen LogP contribution in [0.3, 0.4) is 0 Å². The van der Waals surface area contributed by atoms with Crippen molar-refractivity contribution in [1.29, 1.82) is 0 Å². The fourth-order valence-corrected chi connectivity index (χ4v) is 7.55. The molecule has 4 aliphatic carbocycles. The molecule has 1 heterocycles. The number of hydrogen-bond donors (Lipinski definition) is 1. The van der Waals surface area contributed by atoms with E-state index in [1.54, 1.807) is 6.92 Å². The van der Waals surface area contributed by atoms with E-state index < -0.39 is 0 Å². The van der Waals surface area contributed by atoms with Gasteiger partial charge in [-0.15, -0.1) is 10.2 Å². The maximum absolute atomic E-state index is 13.5. The number of nitrogens with zero attached hydrogens (tertiary/aromatic N) is 3. The molecule has 7 nitrogen and oxygen atoms in total. The SMILES string of the molecule is CCOC(=O)CSc1nnc(CNC(=O)C23CC4CC(CC(C4)C2)C3)n1-c1cccc(C)c1C. The molecule has 0 spiro atoms. The number of aromatic nitrogens is 3. The minimum atomic E-state index is -0.278. The average Bonchev–Trinajstić information content (AvgIpc) is 3.19. The van der Waals surface area contributed by atoms with E-state index in [9.17, 15) is 9.59 Å². The Morgan fingerprint density at radius 1 is 1.12 bits per heavy atom. The third-order valence-corrected chi connectivity index (χ3v) is 8.97. The zero-order valence-electron chi connectivity index (χ0n) is 20.3. The molecule has 8 heteroatoms. The number of carbonyl (C=O) groups is 2. The van der Waals surface area contributed by atoms with E-state index in [2.05, 4.69) is 35.4 Å². The Hall–Kier alpha value is -2.35. The molecule has 1 amide bonds. The van der Waals surface area contributed by atoms with Crippen molar-refractivity contribution in [3.8, 4) is 5.69 Å². The minimum absolute atomic E-state index is 0.163. The molecule has 0 saturated heterocycles. The van der Waals surface area contributed by atoms with Crippen molar-refractivity contribution in [3.05, 3.63) is 35.2 Å². The number of amides is 1. The predicted octanol–water partition coefficient (Wildman–Crippen LogP) is 4.37. The summed E-state index contributed by atoms with van der Waals surface area (Å²) in [5.74, 6) is 2.92. The Labute approximate surface area is 205 Å². The summed E-state index contributed by atoms with van der Waals surface area (Å²) in [5, 5.41) is 12.7. The van der Waals surface area contributed by atoms with Crippen LogP contribution in [0.4, 0.5) is 0 Å². The van der Waals surface area contributed by atoms with Gasteiger partial charge in [0.1, 0.15) is 0 Å². The third kappa shape index (κ3) is 4.37. The Kier molecular flexibility index (Phi) is 6.44. The molecular weight excluding hydrogens is 448 g/mol. The van der Waals surface area contributed by atoms with Gasteiger partial charge in [0.15, 0.2) is 11.0 Å². The molecule has 2 aromatic rings. The van der Waals surface area contributed by atoms with Gasteiger partial charge in [-0.1, -0.05) is 23.9 Å². The largest absolute Gasteiger partial charge is 0.465 e. The number of benzene rings is 1. The quantitative estimate of drug-likeness (QED) is 0.444. The standard InChI is InChI=1S/C26H34N4O3S/c1-4-33-23(31)15-34-25-29-28-22(30(25)21-7-5-6-16(2)17(21)3)14-27-24(32)26-11-18-8-19(12-26)10-20(9-18)13-26/h5-7,18-20H,4,8-15H2,1-3H3,(H,27,32). The summed E-state index contributed by atoms with van der Waals surface area (Å²) in [4.78, 5) is 25.5. The van der Waals surface area contributed by atoms with Crippen LogP contribution >= 0.6 is 11.8 Å². The zero-order valence-corrected chi connectivity index (χ0v) is 21.1. The number of ether oxygens (including phenoxy) is 1. The first-order valence-electron chi connectivity index (χ1n) is 12.5. The average molecular weight is 483 g/mol. The maximum Gasteiger partial charge on any atom is 0.316 e. The van der Waals surface area contributed by atoms with Gasteiger partial charge < -0.3 is 10.1 Å². The van der Waals surface area contributed by atoms with Gasteiger partial charge in [-0.3, -0.25) is 14.2 Å². The van der Waals surface area contributed by atoms with E-state index in [1.165, 1.54) is 31.0 Å². The van der Waals surface area contributed by atoms with Gasteiger partial charge in [0.25, 0.3) is 0 Å². The van der Waals surface area contributed by atoms with Gasteiger partial charge >= 0.3 is 5.97 Å². The summed E-state index contributed by atoms with van der Waals surface area (Å²) < 4.78 is 7.06. The summed E-state index contributed by atoms with van der Waals surface area (Å²) in [6, 6.07) is 6.11. The molecule has 0 atom stereocenters. The number of rotatable bonds is 8. The van der Waals surface area contributed by atoms with Crippen molar-refractivity contribution in [2.45, 2.75) is 71.0 Å². The van der Waals surface area contributed by atoms with Crippen molar-refractivity contribution in [2.24, 2.45) is 23.2 Å². The number of thioether (sulfide) groups is 1. The van der Waals surface area contributed by atoms with Crippen LogP contribution in [0.15, 0.2) is 23.4 Å². The summed E-state index contributed by atoms with van der Waals surface area (Å²) in [6.07, 6.45) is 7.05. The third-order valence-electron chi connectivity index (χ3n) is 8.07. The lowest BCUT2D eigenvalue weighted by Gasteiger charge is -2.55. The van der Waals surface area contributed by atoms with Crippen molar-refractivity contribution in [2.75, 3.05) is 12.4 Å². The van der Waals surface area contributed by atoms with Crippen LogP contribution in [-0.4, -0.2) is 39.0 Å². The van der Waals surface area contributed by atoms with E-state index in [0.29, 0.717) is 24.1 Å². The lowest BCUT2D eigenvalue weighted by molar-refractivity contribution is -0.146. The molecule has 4 aliphatic rings. The van der Waals surface area contributed by atoms with E-state index in [-0.39, 0.29) is 23.0 Å². The van der Waals surface area contributed by atoms with Crippen LogP contribution in [0.1, 0.15) is 62.4 Å². The van der Waals surface area contributed by atoms with Gasteiger partial charge in [-0.05, 0) is 94.2 Å². The second-order valence-corrected chi connectivity index (χ2v) is 11.4. The first-order chi connectivity index (χ1) is 16.4. The minimum Gasteiger partial charge on any atom is -0.465 e. The highest BCUT2D eigenvalue weighted by atomic mass is 32.2. The fourth-order valence-electron chi connectivity index (χ4n) is 6.79. The van der Waals surface area contributed by atoms with E-state index >= 15 is 0 Å². The molecule has 1 N–H and O–H groups in total. The van der Waals surface area contributed by atoms with E-state index in [0.717, 1.165) is 53.8 Å². The van der Waals surface area contributed by atoms with Crippen molar-refractivity contribution in [3.63, 3.8) is 0 Å². The molecule has 4 bridgehead atoms. The number of esters is 1. The molecule has 6 rings (SSSR count). The lowest BCUT2D eigenvalue weighted by Crippen LogP contribution is -2.53. The van der Waals surface area contributed by atoms with Crippen LogP contribution in [0.2, 0.25) is 0 Å². The molecule has 4 saturated carbocycles. The number of hydrogen-bond acceptors (Lipinski definition) is 6. The topological polar surface area (TPSA) is 86.1 Å². The van der Waals surface area contributed by atoms with Crippen LogP contribution in [0.5, 0.6) is 0 Å². The fraction of sp³-hybridized carbons (Fsp3) is 0.615. The Balaban J connectivity index is 1.37. The highest BCUT2D eigenvalue weighted by Gasteiger charge is 2.54. The first-order valence-corrected chi connectivity index (χ1v) is 13.4. The van der Waals surface area contributed by atoms with Crippen molar-refractivity contribution < 1.29 is 14.3 Å². The Morgan fingerprint density at radius 3 is 2.44 bits per heavy atom. The summed E-state index contributed by atoms with van der Waals surface area (Å²) in [7, 11) is 0. The Bertz CT molecular complexity index is 1060. The summed E-state index contributed by atoms with van der Waals surface area (Å²) in [5.41, 5.74) is 3.06. The smallest absolute Gasteiger partial charge is 0.316 e. The molecule has 182 valence electrons. The maximum atomic E-state index is 13.5. The predicted molar refractivity (Wildman–Crippen MR) is 131 cm³/mol. The molecule has 1 aromatic heterocycles. The summed E-state index contributed by atoms with van der Waals surface area (Å²) in [6.45, 7) is 6.61. The zero-order chi connectivity index (χ0) is 23.9. The van der Waals surface area contributed by atoms with Crippen molar-refractivity contribution >= 4 is 23.6 Å². The Morgan fingerprint density at radius 2 is 1.79 bits per heavy atom. The van der Waals surface area contributed by atoms with Gasteiger partial charge in [-0.25, -0.2) is 0 Å². The van der Waals surface area contributed by atoms with Crippen LogP contribution in [-0.2, 0) is 20.9 Å². The summed E-state index contributed by atoms with van der Waals surface area (Å²) >= 11 is 1.31. The molecular formula is C26H34N4O3S. The highest BCUT2D eigenvalue weighted by Crippen LogP contribution is 2.60. The van der Waals surface area contributed by atoms with Gasteiger partial charge in [0, 0.05) is 5.41 Å². The van der Waals surface area contributed by atoms with Gasteiger partial charge in [0.05, 0.1) is 24.6 Å². The normalized spacial score (nSPS) is 27.1. The van der Waals surface area contributed by atoms with E-state index in [4.69, 9.17) is 4.74 Å². The molecule has 4 fully saturated rings. The van der Waals surface area contributed by atoms with Crippen LogP contribution in [0, 0.1) is 37.0 Å². The van der Waals surface area contributed by atoms with Crippen LogP contribution in [0.25, 0.3) is 5.69 Å². The second-order valence-electron chi connectivity index (χ2n) is 10.4. The number of aryl methyl sites for hydroxylation is 1. The van der Waals surface area contributed by atoms with Crippen LogP contribution < -0.4 is 5.32 Å². The molecule has 0 unspecified atom stereocenters. The molecule has 1 aromatic carbocycles. The second kappa shape index (κ2) is 9.36.